The van der Waals surface area contributed by atoms with E-state index >= 15 is 0 Å². The summed E-state index contributed by atoms with van der Waals surface area (Å²) in [6.45, 7) is 4.58. The number of carbonyl (C=O) groups excluding carboxylic acids is 5. The number of rotatable bonds is 14. The molecule has 0 radical (unpaired) electrons. The summed E-state index contributed by atoms with van der Waals surface area (Å²) in [5, 5.41) is 15.4. The lowest BCUT2D eigenvalue weighted by Crippen LogP contribution is -2.54. The van der Waals surface area contributed by atoms with Gasteiger partial charge in [-0.2, -0.15) is 5.10 Å². The van der Waals surface area contributed by atoms with Crippen LogP contribution >= 0.6 is 0 Å². The Morgan fingerprint density at radius 1 is 0.893 bits per heavy atom. The molecule has 3 aromatic heterocycles. The molecule has 5 amide bonds. The number of hydrogen-bond donors (Lipinski definition) is 4. The van der Waals surface area contributed by atoms with E-state index in [0.717, 1.165) is 103 Å². The zero-order chi connectivity index (χ0) is 38.9. The van der Waals surface area contributed by atoms with Gasteiger partial charge in [-0.15, -0.1) is 0 Å². The predicted octanol–water partition coefficient (Wildman–Crippen LogP) is 6.09. The van der Waals surface area contributed by atoms with Crippen molar-refractivity contribution in [3.05, 3.63) is 82.8 Å². The quantitative estimate of drug-likeness (QED) is 0.0772. The van der Waals surface area contributed by atoms with E-state index < -0.39 is 29.7 Å². The van der Waals surface area contributed by atoms with Crippen molar-refractivity contribution in [2.75, 3.05) is 30.8 Å². The van der Waals surface area contributed by atoms with Crippen LogP contribution in [0.5, 0.6) is 0 Å². The number of likely N-dealkylation sites (tertiary alicyclic amines) is 1. The minimum absolute atomic E-state index is 0.0893. The number of hydrogen-bond acceptors (Lipinski definition) is 9. The van der Waals surface area contributed by atoms with Gasteiger partial charge in [0, 0.05) is 65.5 Å². The number of nitrogens with zero attached hydrogens (tertiary/aromatic N) is 5. The van der Waals surface area contributed by atoms with Crippen molar-refractivity contribution in [2.45, 2.75) is 89.8 Å². The summed E-state index contributed by atoms with van der Waals surface area (Å²) in [5.74, 6) is -1.73. The Kier molecular flexibility index (Phi) is 10.4. The highest BCUT2D eigenvalue weighted by atomic mass is 16.2. The lowest BCUT2D eigenvalue weighted by atomic mass is 10.0. The number of nitrogens with one attached hydrogen (secondary N) is 4. The van der Waals surface area contributed by atoms with E-state index in [9.17, 15) is 24.0 Å². The first-order valence-corrected chi connectivity index (χ1v) is 19.7. The van der Waals surface area contributed by atoms with Crippen LogP contribution in [0.25, 0.3) is 21.8 Å². The van der Waals surface area contributed by atoms with Crippen LogP contribution in [0.15, 0.2) is 54.7 Å². The van der Waals surface area contributed by atoms with Gasteiger partial charge in [-0.1, -0.05) is 31.7 Å². The Balaban J connectivity index is 0.778. The van der Waals surface area contributed by atoms with Crippen molar-refractivity contribution in [3.8, 4) is 0 Å². The summed E-state index contributed by atoms with van der Waals surface area (Å²) in [5.41, 5.74) is 5.87. The molecule has 2 fully saturated rings. The number of aryl methyl sites for hydroxylation is 2. The van der Waals surface area contributed by atoms with Crippen molar-refractivity contribution in [3.63, 3.8) is 0 Å². The van der Waals surface area contributed by atoms with Gasteiger partial charge in [-0.25, -0.2) is 4.98 Å². The van der Waals surface area contributed by atoms with E-state index in [0.29, 0.717) is 17.4 Å². The second kappa shape index (κ2) is 15.7. The number of unbranched alkanes of at least 4 members (excludes halogenated alkanes) is 5. The number of imide groups is 2. The third kappa shape index (κ3) is 7.40. The Labute approximate surface area is 324 Å². The fourth-order valence-corrected chi connectivity index (χ4v) is 8.35. The van der Waals surface area contributed by atoms with Crippen molar-refractivity contribution < 1.29 is 24.0 Å². The zero-order valence-corrected chi connectivity index (χ0v) is 31.8. The summed E-state index contributed by atoms with van der Waals surface area (Å²) in [6, 6.07) is 14.3. The molecule has 2 aromatic carbocycles. The largest absolute Gasteiger partial charge is 0.385 e. The van der Waals surface area contributed by atoms with Crippen LogP contribution in [0.1, 0.15) is 113 Å². The molecule has 2 atom stereocenters. The maximum absolute atomic E-state index is 13.4. The van der Waals surface area contributed by atoms with Gasteiger partial charge in [0.05, 0.1) is 27.9 Å². The van der Waals surface area contributed by atoms with Gasteiger partial charge < -0.3 is 15.6 Å². The van der Waals surface area contributed by atoms with Crippen LogP contribution in [0, 0.1) is 6.92 Å². The molecular weight excluding hydrogens is 711 g/mol. The molecule has 0 saturated carbocycles. The first-order chi connectivity index (χ1) is 27.1. The molecule has 0 aliphatic carbocycles. The average molecular weight is 758 g/mol. The Hall–Kier alpha value is -5.89. The van der Waals surface area contributed by atoms with Crippen molar-refractivity contribution >= 4 is 62.8 Å². The van der Waals surface area contributed by atoms with Gasteiger partial charge in [-0.3, -0.25) is 43.8 Å². The van der Waals surface area contributed by atoms with Crippen LogP contribution in [0.4, 0.5) is 11.5 Å². The van der Waals surface area contributed by atoms with Gasteiger partial charge in [0.15, 0.2) is 0 Å². The number of anilines is 2. The molecule has 0 bridgehead atoms. The topological polar surface area (TPSA) is 174 Å². The van der Waals surface area contributed by atoms with Crippen LogP contribution in [0.2, 0.25) is 0 Å². The van der Waals surface area contributed by atoms with E-state index in [4.69, 9.17) is 5.10 Å². The van der Waals surface area contributed by atoms with E-state index in [1.54, 1.807) is 18.2 Å². The second-order valence-corrected chi connectivity index (χ2v) is 15.3. The van der Waals surface area contributed by atoms with Crippen molar-refractivity contribution in [1.29, 1.82) is 0 Å². The third-order valence-electron chi connectivity index (χ3n) is 11.4. The van der Waals surface area contributed by atoms with Gasteiger partial charge in [0.25, 0.3) is 17.7 Å². The summed E-state index contributed by atoms with van der Waals surface area (Å²) >= 11 is 0. The van der Waals surface area contributed by atoms with E-state index in [2.05, 4.69) is 43.9 Å². The second-order valence-electron chi connectivity index (χ2n) is 15.3. The van der Waals surface area contributed by atoms with Crippen LogP contribution < -0.4 is 16.0 Å². The van der Waals surface area contributed by atoms with Gasteiger partial charge in [0.2, 0.25) is 11.8 Å². The molecule has 56 heavy (non-hydrogen) atoms. The Morgan fingerprint density at radius 2 is 1.70 bits per heavy atom. The number of aromatic amines is 1. The van der Waals surface area contributed by atoms with Gasteiger partial charge >= 0.3 is 0 Å². The molecule has 6 heterocycles. The number of amides is 5. The van der Waals surface area contributed by atoms with E-state index in [1.807, 2.05) is 42.1 Å². The van der Waals surface area contributed by atoms with Crippen molar-refractivity contribution in [2.24, 2.45) is 0 Å². The summed E-state index contributed by atoms with van der Waals surface area (Å²) in [6.07, 6.45) is 10.6. The molecule has 2 saturated heterocycles. The van der Waals surface area contributed by atoms with Crippen LogP contribution in [0.3, 0.4) is 0 Å². The normalized spacial score (nSPS) is 18.6. The fourth-order valence-electron chi connectivity index (χ4n) is 8.35. The van der Waals surface area contributed by atoms with Gasteiger partial charge in [0.1, 0.15) is 11.9 Å². The molecular formula is C42H47N9O5. The standard InChI is InChI=1S/C42H47N9O5/c1-25-29-13-11-26(39(53)46-37-23-32-27(24-44-37)20-33(45-32)34-10-9-18-49(34)2)21-36(29)50(48-25)19-8-6-4-3-5-7-17-43-28-12-14-30-31(22-28)42(56)51(41(30)55)35-15-16-38(52)47-40(35)54/h11-14,20-24,34-35,43,45H,3-10,15-19H2,1-2H3,(H,44,46,53)(H,47,52,54)/t34-,35?/m0/s1. The maximum Gasteiger partial charge on any atom is 0.262 e. The average Bonchev–Trinajstić information content (AvgIpc) is 3.94. The lowest BCUT2D eigenvalue weighted by Gasteiger charge is -2.27. The summed E-state index contributed by atoms with van der Waals surface area (Å²) < 4.78 is 2.01. The molecule has 1 unspecified atom stereocenters. The maximum atomic E-state index is 13.4. The minimum Gasteiger partial charge on any atom is -0.385 e. The SMILES string of the molecule is Cc1nn(CCCCCCCCNc2ccc3c(c2)C(=O)N(C2CCC(=O)NC2=O)C3=O)c2cc(C(=O)Nc3cc4[nH]c([C@@H]5CCCN5C)cc4cn3)ccc12. The molecule has 0 spiro atoms. The number of H-pyrrole nitrogens is 1. The highest BCUT2D eigenvalue weighted by molar-refractivity contribution is 6.23. The monoisotopic (exact) mass is 757 g/mol. The predicted molar refractivity (Wildman–Crippen MR) is 212 cm³/mol. The summed E-state index contributed by atoms with van der Waals surface area (Å²) in [7, 11) is 2.15. The number of fused-ring (bicyclic) bond motifs is 3. The molecule has 4 N–H and O–H groups in total. The number of benzene rings is 2. The number of pyridine rings is 1. The lowest BCUT2D eigenvalue weighted by molar-refractivity contribution is -0.136. The highest BCUT2D eigenvalue weighted by Crippen LogP contribution is 2.33. The van der Waals surface area contributed by atoms with E-state index in [-0.39, 0.29) is 29.9 Å². The zero-order valence-electron chi connectivity index (χ0n) is 31.8. The van der Waals surface area contributed by atoms with E-state index in [1.165, 1.54) is 12.1 Å². The molecule has 3 aliphatic heterocycles. The molecule has 8 rings (SSSR count). The molecule has 3 aliphatic rings. The van der Waals surface area contributed by atoms with Crippen LogP contribution in [-0.4, -0.2) is 85.3 Å². The van der Waals surface area contributed by atoms with Crippen molar-refractivity contribution in [1.82, 2.24) is 34.9 Å². The van der Waals surface area contributed by atoms with Gasteiger partial charge in [-0.05, 0) is 89.0 Å². The molecule has 14 heteroatoms. The Bertz CT molecular complexity index is 2360. The smallest absolute Gasteiger partial charge is 0.262 e. The Morgan fingerprint density at radius 3 is 2.50 bits per heavy atom. The number of piperidine rings is 1. The molecule has 5 aromatic rings. The summed E-state index contributed by atoms with van der Waals surface area (Å²) in [4.78, 5) is 74.7. The number of carbonyl (C=O) groups is 5. The highest BCUT2D eigenvalue weighted by Gasteiger charge is 2.44. The fraction of sp³-hybridized carbons (Fsp3) is 0.405. The number of aromatic nitrogens is 4. The molecule has 290 valence electrons. The first kappa shape index (κ1) is 37.1. The third-order valence-corrected chi connectivity index (χ3v) is 11.4. The van der Waals surface area contributed by atoms with Crippen LogP contribution in [-0.2, 0) is 16.1 Å². The first-order valence-electron chi connectivity index (χ1n) is 19.7. The minimum atomic E-state index is -0.973. The molecule has 14 nitrogen and oxygen atoms in total.